The first-order valence-corrected chi connectivity index (χ1v) is 10.4. The van der Waals surface area contributed by atoms with Crippen molar-refractivity contribution in [3.05, 3.63) is 64.7 Å². The van der Waals surface area contributed by atoms with Crippen LogP contribution >= 0.6 is 36.4 Å². The number of carboxylic acids is 1. The lowest BCUT2D eigenvalue weighted by Gasteiger charge is -2.34. The Morgan fingerprint density at radius 2 is 1.62 bits per heavy atom. The first-order valence-electron chi connectivity index (χ1n) is 10.1. The summed E-state index contributed by atoms with van der Waals surface area (Å²) in [5.74, 6) is -1.02. The van der Waals surface area contributed by atoms with E-state index in [1.54, 1.807) is 12.1 Å². The number of carbonyl (C=O) groups is 2. The predicted molar refractivity (Wildman–Crippen MR) is 133 cm³/mol. The highest BCUT2D eigenvalue weighted by Gasteiger charge is 2.16. The number of amides is 2. The molecule has 0 saturated carbocycles. The second-order valence-electron chi connectivity index (χ2n) is 7.36. The van der Waals surface area contributed by atoms with Crippen molar-refractivity contribution in [2.24, 2.45) is 0 Å². The van der Waals surface area contributed by atoms with Crippen LogP contribution in [0.3, 0.4) is 0 Å². The van der Waals surface area contributed by atoms with Gasteiger partial charge in [0.05, 0.1) is 5.56 Å². The molecular formula is C22H29Cl3N4O3. The summed E-state index contributed by atoms with van der Waals surface area (Å²) in [6.45, 7) is 6.52. The van der Waals surface area contributed by atoms with E-state index in [-0.39, 0.29) is 36.4 Å². The number of halogens is 3. The number of nitrogens with one attached hydrogen (secondary N) is 2. The summed E-state index contributed by atoms with van der Waals surface area (Å²) in [7, 11) is 0. The number of urea groups is 1. The number of benzene rings is 2. The van der Waals surface area contributed by atoms with Crippen molar-refractivity contribution < 1.29 is 14.7 Å². The largest absolute Gasteiger partial charge is 0.478 e. The van der Waals surface area contributed by atoms with Crippen molar-refractivity contribution in [3.8, 4) is 0 Å². The predicted octanol–water partition coefficient (Wildman–Crippen LogP) is 4.21. The minimum Gasteiger partial charge on any atom is -0.478 e. The quantitative estimate of drug-likeness (QED) is 0.470. The van der Waals surface area contributed by atoms with E-state index >= 15 is 0 Å². The number of carbonyl (C=O) groups excluding carboxylic acids is 1. The van der Waals surface area contributed by atoms with Crippen LogP contribution in [0.4, 0.5) is 10.5 Å². The van der Waals surface area contributed by atoms with E-state index in [9.17, 15) is 9.59 Å². The van der Waals surface area contributed by atoms with Crippen LogP contribution in [0.25, 0.3) is 0 Å². The zero-order valence-corrected chi connectivity index (χ0v) is 20.0. The molecule has 32 heavy (non-hydrogen) atoms. The van der Waals surface area contributed by atoms with Crippen LogP contribution in [0.15, 0.2) is 48.5 Å². The molecular weight excluding hydrogens is 475 g/mol. The molecule has 0 aliphatic carbocycles. The Morgan fingerprint density at radius 3 is 2.28 bits per heavy atom. The Labute approximate surface area is 205 Å². The Morgan fingerprint density at radius 1 is 0.969 bits per heavy atom. The third kappa shape index (κ3) is 9.22. The summed E-state index contributed by atoms with van der Waals surface area (Å²) < 4.78 is 0. The van der Waals surface area contributed by atoms with E-state index in [1.165, 1.54) is 17.7 Å². The van der Waals surface area contributed by atoms with Gasteiger partial charge in [-0.2, -0.15) is 0 Å². The molecule has 0 aromatic heterocycles. The number of piperazine rings is 1. The van der Waals surface area contributed by atoms with Gasteiger partial charge < -0.3 is 20.6 Å². The zero-order valence-electron chi connectivity index (χ0n) is 17.6. The van der Waals surface area contributed by atoms with Gasteiger partial charge in [0.1, 0.15) is 0 Å². The average Bonchev–Trinajstić information content (AvgIpc) is 2.74. The molecule has 1 heterocycles. The van der Waals surface area contributed by atoms with Crippen molar-refractivity contribution in [2.45, 2.75) is 13.0 Å². The number of hydrogen-bond donors (Lipinski definition) is 3. The van der Waals surface area contributed by atoms with Gasteiger partial charge in [-0.1, -0.05) is 29.8 Å². The third-order valence-electron chi connectivity index (χ3n) is 5.09. The lowest BCUT2D eigenvalue weighted by Crippen LogP contribution is -2.46. The van der Waals surface area contributed by atoms with Gasteiger partial charge in [0.25, 0.3) is 0 Å². The highest BCUT2D eigenvalue weighted by atomic mass is 35.5. The van der Waals surface area contributed by atoms with E-state index in [4.69, 9.17) is 16.7 Å². The number of nitrogens with zero attached hydrogens (tertiary/aromatic N) is 2. The minimum absolute atomic E-state index is 0. The van der Waals surface area contributed by atoms with Gasteiger partial charge in [-0.05, 0) is 48.9 Å². The van der Waals surface area contributed by atoms with Crippen molar-refractivity contribution in [2.75, 3.05) is 44.6 Å². The summed E-state index contributed by atoms with van der Waals surface area (Å²) >= 11 is 5.94. The van der Waals surface area contributed by atoms with Crippen molar-refractivity contribution >= 4 is 54.1 Å². The maximum Gasteiger partial charge on any atom is 0.335 e. The van der Waals surface area contributed by atoms with Crippen LogP contribution in [0, 0.1) is 0 Å². The minimum atomic E-state index is -1.02. The fourth-order valence-corrected chi connectivity index (χ4v) is 3.55. The summed E-state index contributed by atoms with van der Waals surface area (Å²) in [6.07, 6.45) is 0.861. The molecule has 0 unspecified atom stereocenters. The Kier molecular flexibility index (Phi) is 12.4. The molecule has 0 radical (unpaired) electrons. The van der Waals surface area contributed by atoms with Gasteiger partial charge in [-0.15, -0.1) is 24.8 Å². The maximum atomic E-state index is 12.0. The van der Waals surface area contributed by atoms with Gasteiger partial charge in [0, 0.05) is 50.0 Å². The molecule has 176 valence electrons. The number of aromatic carboxylic acids is 1. The molecule has 0 bridgehead atoms. The summed E-state index contributed by atoms with van der Waals surface area (Å²) in [5, 5.41) is 15.2. The first-order chi connectivity index (χ1) is 14.5. The summed E-state index contributed by atoms with van der Waals surface area (Å²) in [4.78, 5) is 27.8. The van der Waals surface area contributed by atoms with Crippen LogP contribution in [-0.4, -0.2) is 66.2 Å². The lowest BCUT2D eigenvalue weighted by molar-refractivity contribution is 0.0697. The number of carboxylic acid groups (broad SMARTS) is 1. The Bertz CT molecular complexity index is 860. The van der Waals surface area contributed by atoms with E-state index in [0.717, 1.165) is 50.7 Å². The number of rotatable bonds is 8. The second kappa shape index (κ2) is 14.2. The van der Waals surface area contributed by atoms with Crippen LogP contribution in [0.2, 0.25) is 5.02 Å². The van der Waals surface area contributed by atoms with Gasteiger partial charge in [-0.25, -0.2) is 9.59 Å². The zero-order chi connectivity index (χ0) is 21.3. The molecule has 7 nitrogen and oxygen atoms in total. The second-order valence-corrected chi connectivity index (χ2v) is 7.80. The van der Waals surface area contributed by atoms with Crippen LogP contribution in [-0.2, 0) is 6.54 Å². The van der Waals surface area contributed by atoms with Gasteiger partial charge in [0.2, 0.25) is 0 Å². The SMILES string of the molecule is Cl.Cl.O=C(NCCCN1CCN(Cc2ccc(Cl)cc2)CC1)Nc1cccc(C(=O)O)c1. The molecule has 10 heteroatoms. The lowest BCUT2D eigenvalue weighted by atomic mass is 10.2. The number of hydrogen-bond acceptors (Lipinski definition) is 4. The summed E-state index contributed by atoms with van der Waals surface area (Å²) in [6, 6.07) is 13.9. The fraction of sp³-hybridized carbons (Fsp3) is 0.364. The molecule has 2 aromatic rings. The standard InChI is InChI=1S/C22H27ClN4O3.2ClH/c23-19-7-5-17(6-8-19)16-27-13-11-26(12-14-27)10-2-9-24-22(30)25-20-4-1-3-18(15-20)21(28)29;;/h1,3-8,15H,2,9-14,16H2,(H,28,29)(H2,24,25,30);2*1H. The molecule has 0 spiro atoms. The summed E-state index contributed by atoms with van der Waals surface area (Å²) in [5.41, 5.74) is 1.88. The molecule has 1 aliphatic heterocycles. The Balaban J connectivity index is 0.00000256. The topological polar surface area (TPSA) is 84.9 Å². The maximum absolute atomic E-state index is 12.0. The Hall–Kier alpha value is -2.03. The third-order valence-corrected chi connectivity index (χ3v) is 5.34. The molecule has 1 saturated heterocycles. The molecule has 1 aliphatic rings. The fourth-order valence-electron chi connectivity index (χ4n) is 3.43. The molecule has 3 N–H and O–H groups in total. The van der Waals surface area contributed by atoms with E-state index in [2.05, 4.69) is 32.6 Å². The molecule has 3 rings (SSSR count). The van der Waals surface area contributed by atoms with Crippen LogP contribution in [0.1, 0.15) is 22.3 Å². The highest BCUT2D eigenvalue weighted by Crippen LogP contribution is 2.13. The number of anilines is 1. The smallest absolute Gasteiger partial charge is 0.335 e. The van der Waals surface area contributed by atoms with Gasteiger partial charge in [0.15, 0.2) is 0 Å². The highest BCUT2D eigenvalue weighted by molar-refractivity contribution is 6.30. The molecule has 0 atom stereocenters. The molecule has 2 amide bonds. The molecule has 1 fully saturated rings. The van der Waals surface area contributed by atoms with Crippen molar-refractivity contribution in [1.82, 2.24) is 15.1 Å². The van der Waals surface area contributed by atoms with E-state index < -0.39 is 5.97 Å². The van der Waals surface area contributed by atoms with E-state index in [0.29, 0.717) is 12.2 Å². The van der Waals surface area contributed by atoms with Gasteiger partial charge in [-0.3, -0.25) is 4.90 Å². The van der Waals surface area contributed by atoms with Gasteiger partial charge >= 0.3 is 12.0 Å². The van der Waals surface area contributed by atoms with Crippen LogP contribution < -0.4 is 10.6 Å². The average molecular weight is 504 g/mol. The van der Waals surface area contributed by atoms with Crippen molar-refractivity contribution in [3.63, 3.8) is 0 Å². The first kappa shape index (κ1) is 28.0. The van der Waals surface area contributed by atoms with E-state index in [1.807, 2.05) is 12.1 Å². The van der Waals surface area contributed by atoms with Crippen LogP contribution in [0.5, 0.6) is 0 Å². The normalized spacial score (nSPS) is 14.0. The molecule has 2 aromatic carbocycles. The van der Waals surface area contributed by atoms with Crippen molar-refractivity contribution in [1.29, 1.82) is 0 Å². The monoisotopic (exact) mass is 502 g/mol.